The predicted octanol–water partition coefficient (Wildman–Crippen LogP) is 2.92. The molecule has 0 saturated heterocycles. The highest BCUT2D eigenvalue weighted by Gasteiger charge is 2.22. The molecule has 0 spiro atoms. The van der Waals surface area contributed by atoms with Gasteiger partial charge in [-0.2, -0.15) is 4.98 Å². The molecule has 1 heterocycles. The second-order valence-electron chi connectivity index (χ2n) is 7.67. The van der Waals surface area contributed by atoms with E-state index < -0.39 is 29.2 Å². The molecule has 0 atom stereocenters. The molecule has 9 heteroatoms. The molecule has 0 unspecified atom stereocenters. The van der Waals surface area contributed by atoms with Crippen molar-refractivity contribution in [2.75, 3.05) is 6.61 Å². The smallest absolute Gasteiger partial charge is 0.376 e. The van der Waals surface area contributed by atoms with Gasteiger partial charge in [-0.3, -0.25) is 9.36 Å². The number of carbonyl (C=O) groups excluding carboxylic acids is 2. The molecule has 0 bridgehead atoms. The number of ether oxygens (including phenoxy) is 1. The number of hydrogen-bond acceptors (Lipinski definition) is 7. The number of ketones is 1. The number of carboxylic acid groups (broad SMARTS) is 1. The molecular weight excluding hydrogens is 452 g/mol. The summed E-state index contributed by atoms with van der Waals surface area (Å²) in [6.07, 6.45) is 0.911. The maximum absolute atomic E-state index is 12.9. The minimum atomic E-state index is -1.68. The predicted molar refractivity (Wildman–Crippen MR) is 127 cm³/mol. The van der Waals surface area contributed by atoms with Crippen LogP contribution in [0, 0.1) is 6.92 Å². The van der Waals surface area contributed by atoms with Gasteiger partial charge in [0.1, 0.15) is 11.3 Å². The van der Waals surface area contributed by atoms with Crippen molar-refractivity contribution >= 4 is 23.5 Å². The van der Waals surface area contributed by atoms with Crippen molar-refractivity contribution in [3.8, 4) is 0 Å². The lowest BCUT2D eigenvalue weighted by Crippen LogP contribution is -2.31. The Morgan fingerprint density at radius 1 is 1.00 bits per heavy atom. The molecule has 2 aromatic carbocycles. The molecule has 9 nitrogen and oxygen atoms in total. The van der Waals surface area contributed by atoms with Crippen molar-refractivity contribution in [1.82, 2.24) is 9.55 Å². The lowest BCUT2D eigenvalue weighted by Gasteiger charge is -2.16. The Balaban J connectivity index is 1.96. The number of aliphatic hydroxyl groups is 1. The average Bonchev–Trinajstić information content (AvgIpc) is 2.82. The fourth-order valence-electron chi connectivity index (χ4n) is 3.52. The summed E-state index contributed by atoms with van der Waals surface area (Å²) in [6, 6.07) is 15.6. The molecule has 3 aromatic rings. The minimum absolute atomic E-state index is 0.0918. The zero-order valence-corrected chi connectivity index (χ0v) is 19.2. The van der Waals surface area contributed by atoms with Crippen molar-refractivity contribution in [3.63, 3.8) is 0 Å². The van der Waals surface area contributed by atoms with Gasteiger partial charge >= 0.3 is 17.6 Å². The Kier molecular flexibility index (Phi) is 7.93. The number of benzene rings is 2. The van der Waals surface area contributed by atoms with Crippen molar-refractivity contribution < 1.29 is 29.3 Å². The number of aromatic nitrogens is 2. The van der Waals surface area contributed by atoms with Crippen molar-refractivity contribution in [2.45, 2.75) is 26.8 Å². The quantitative estimate of drug-likeness (QED) is 0.208. The summed E-state index contributed by atoms with van der Waals surface area (Å²) < 4.78 is 6.59. The van der Waals surface area contributed by atoms with Crippen LogP contribution in [0.4, 0.5) is 0 Å². The lowest BCUT2D eigenvalue weighted by atomic mass is 10.0. The van der Waals surface area contributed by atoms with Crippen molar-refractivity contribution in [2.24, 2.45) is 0 Å². The number of esters is 1. The minimum Gasteiger partial charge on any atom is -0.507 e. The third kappa shape index (κ3) is 6.08. The zero-order valence-electron chi connectivity index (χ0n) is 19.2. The highest BCUT2D eigenvalue weighted by atomic mass is 16.5. The van der Waals surface area contributed by atoms with Gasteiger partial charge in [-0.15, -0.1) is 0 Å². The third-order valence-electron chi connectivity index (χ3n) is 5.28. The van der Waals surface area contributed by atoms with E-state index in [1.807, 2.05) is 30.3 Å². The summed E-state index contributed by atoms with van der Waals surface area (Å²) in [5, 5.41) is 18.6. The van der Waals surface area contributed by atoms with Gasteiger partial charge in [-0.25, -0.2) is 14.4 Å². The third-order valence-corrected chi connectivity index (χ3v) is 5.28. The second-order valence-corrected chi connectivity index (χ2v) is 7.67. The molecule has 2 N–H and O–H groups in total. The van der Waals surface area contributed by atoms with Crippen LogP contribution in [-0.4, -0.2) is 44.1 Å². The molecule has 180 valence electrons. The van der Waals surface area contributed by atoms with Crippen LogP contribution < -0.4 is 5.69 Å². The number of rotatable bonds is 9. The first-order chi connectivity index (χ1) is 16.7. The van der Waals surface area contributed by atoms with E-state index >= 15 is 0 Å². The standard InChI is InChI=1S/C26H24N2O7/c1-3-35-25(33)23-16(2)28(26(34)27-20(23)13-17-7-5-4-6-8-17)15-18-9-11-19(12-10-18)21(29)14-22(30)24(31)32/h4-12,14,29H,3,13,15H2,1-2H3,(H,31,32)/b21-14-. The molecule has 0 aliphatic rings. The summed E-state index contributed by atoms with van der Waals surface area (Å²) in [5.74, 6) is -3.98. The molecule has 0 radical (unpaired) electrons. The first kappa shape index (κ1) is 25.1. The van der Waals surface area contributed by atoms with E-state index in [-0.39, 0.29) is 24.3 Å². The largest absolute Gasteiger partial charge is 0.507 e. The maximum Gasteiger partial charge on any atom is 0.376 e. The summed E-state index contributed by atoms with van der Waals surface area (Å²) in [5.41, 5.74) is 2.24. The number of aliphatic hydroxyl groups excluding tert-OH is 1. The fourth-order valence-corrected chi connectivity index (χ4v) is 3.52. The topological polar surface area (TPSA) is 136 Å². The summed E-state index contributed by atoms with van der Waals surface area (Å²) >= 11 is 0. The molecule has 1 aromatic heterocycles. The number of carbonyl (C=O) groups is 3. The monoisotopic (exact) mass is 476 g/mol. The van der Waals surface area contributed by atoms with Crippen LogP contribution in [-0.2, 0) is 27.3 Å². The van der Waals surface area contributed by atoms with E-state index in [2.05, 4.69) is 4.98 Å². The highest BCUT2D eigenvalue weighted by Crippen LogP contribution is 2.18. The first-order valence-electron chi connectivity index (χ1n) is 10.8. The number of nitrogens with zero attached hydrogens (tertiary/aromatic N) is 2. The average molecular weight is 476 g/mol. The van der Waals surface area contributed by atoms with Crippen LogP contribution in [0.5, 0.6) is 0 Å². The number of aliphatic carboxylic acids is 1. The van der Waals surface area contributed by atoms with Gasteiger partial charge in [-0.05, 0) is 25.0 Å². The molecule has 0 fully saturated rings. The summed E-state index contributed by atoms with van der Waals surface area (Å²) in [4.78, 5) is 51.8. The molecule has 0 aliphatic carbocycles. The Morgan fingerprint density at radius 3 is 2.26 bits per heavy atom. The summed E-state index contributed by atoms with van der Waals surface area (Å²) in [7, 11) is 0. The van der Waals surface area contributed by atoms with E-state index in [0.717, 1.165) is 5.56 Å². The van der Waals surface area contributed by atoms with Gasteiger partial charge in [0, 0.05) is 23.8 Å². The molecular formula is C26H24N2O7. The Hall–Kier alpha value is -4.53. The molecule has 3 rings (SSSR count). The van der Waals surface area contributed by atoms with Gasteiger partial charge in [0.05, 0.1) is 18.8 Å². The lowest BCUT2D eigenvalue weighted by molar-refractivity contribution is -0.146. The van der Waals surface area contributed by atoms with E-state index in [1.54, 1.807) is 26.0 Å². The molecule has 0 aliphatic heterocycles. The fraction of sp³-hybridized carbons (Fsp3) is 0.192. The van der Waals surface area contributed by atoms with Gasteiger partial charge in [0.15, 0.2) is 0 Å². The Morgan fingerprint density at radius 2 is 1.66 bits per heavy atom. The number of carboxylic acids is 1. The SMILES string of the molecule is CCOC(=O)c1c(Cc2ccccc2)nc(=O)n(Cc2ccc(/C(O)=C/C(=O)C(=O)O)cc2)c1C. The van der Waals surface area contributed by atoms with Crippen LogP contribution in [0.25, 0.3) is 5.76 Å². The van der Waals surface area contributed by atoms with Gasteiger partial charge in [0.25, 0.3) is 5.78 Å². The molecule has 35 heavy (non-hydrogen) atoms. The molecule has 0 amide bonds. The van der Waals surface area contributed by atoms with Crippen LogP contribution >= 0.6 is 0 Å². The van der Waals surface area contributed by atoms with Gasteiger partial charge < -0.3 is 14.9 Å². The maximum atomic E-state index is 12.9. The Bertz CT molecular complexity index is 1340. The van der Waals surface area contributed by atoms with Crippen LogP contribution in [0.2, 0.25) is 0 Å². The Labute approximate surface area is 201 Å². The zero-order chi connectivity index (χ0) is 25.5. The first-order valence-corrected chi connectivity index (χ1v) is 10.8. The van der Waals surface area contributed by atoms with Crippen LogP contribution in [0.1, 0.15) is 45.4 Å². The van der Waals surface area contributed by atoms with Gasteiger partial charge in [0.2, 0.25) is 0 Å². The van der Waals surface area contributed by atoms with Crippen LogP contribution in [0.3, 0.4) is 0 Å². The van der Waals surface area contributed by atoms with Crippen molar-refractivity contribution in [1.29, 1.82) is 0 Å². The van der Waals surface area contributed by atoms with E-state index in [4.69, 9.17) is 9.84 Å². The van der Waals surface area contributed by atoms with Crippen molar-refractivity contribution in [3.05, 3.63) is 105 Å². The van der Waals surface area contributed by atoms with E-state index in [9.17, 15) is 24.3 Å². The van der Waals surface area contributed by atoms with E-state index in [1.165, 1.54) is 16.7 Å². The summed E-state index contributed by atoms with van der Waals surface area (Å²) in [6.45, 7) is 3.62. The van der Waals surface area contributed by atoms with Crippen LogP contribution in [0.15, 0.2) is 65.5 Å². The van der Waals surface area contributed by atoms with E-state index in [0.29, 0.717) is 29.4 Å². The molecule has 0 saturated carbocycles. The van der Waals surface area contributed by atoms with Gasteiger partial charge in [-0.1, -0.05) is 54.6 Å². The second kappa shape index (κ2) is 11.1. The normalized spacial score (nSPS) is 11.2. The number of hydrogen-bond donors (Lipinski definition) is 2. The highest BCUT2D eigenvalue weighted by molar-refractivity contribution is 6.38.